The third-order valence-electron chi connectivity index (χ3n) is 4.54. The molecule has 1 aliphatic carbocycles. The number of nitrogens with one attached hydrogen (secondary N) is 1. The van der Waals surface area contributed by atoms with Crippen LogP contribution in [-0.4, -0.2) is 20.8 Å². The number of benzene rings is 2. The Labute approximate surface area is 172 Å². The lowest BCUT2D eigenvalue weighted by molar-refractivity contribution is -0.393. The van der Waals surface area contributed by atoms with Crippen LogP contribution in [0.1, 0.15) is 26.2 Å². The minimum Gasteiger partial charge on any atom is -0.272 e. The second-order valence-corrected chi connectivity index (χ2v) is 8.24. The molecule has 0 aromatic heterocycles. The first-order chi connectivity index (χ1) is 13.9. The largest absolute Gasteiger partial charge is 0.301 e. The molecule has 2 aromatic rings. The lowest BCUT2D eigenvalue weighted by Gasteiger charge is -2.30. The summed E-state index contributed by atoms with van der Waals surface area (Å²) in [5.41, 5.74) is 3.34. The number of allylic oxidation sites excluding steroid dienone is 1. The lowest BCUT2D eigenvalue weighted by atomic mass is 9.91. The van der Waals surface area contributed by atoms with Crippen LogP contribution in [0.3, 0.4) is 0 Å². The van der Waals surface area contributed by atoms with Crippen LogP contribution in [0.15, 0.2) is 70.2 Å². The highest BCUT2D eigenvalue weighted by Crippen LogP contribution is 2.41. The van der Waals surface area contributed by atoms with E-state index in [1.807, 2.05) is 30.3 Å². The molecule has 0 heterocycles. The Hall–Kier alpha value is -3.20. The Kier molecular flexibility index (Phi) is 6.28. The molecule has 1 aliphatic rings. The average Bonchev–Trinajstić information content (AvgIpc) is 2.68. The van der Waals surface area contributed by atoms with Gasteiger partial charge < -0.3 is 0 Å². The molecule has 0 aliphatic heterocycles. The molecular formula is C20H20N4O4S. The smallest absolute Gasteiger partial charge is 0.272 e. The first-order valence-corrected chi connectivity index (χ1v) is 9.86. The van der Waals surface area contributed by atoms with E-state index in [0.717, 1.165) is 30.2 Å². The predicted molar refractivity (Wildman–Crippen MR) is 115 cm³/mol. The maximum Gasteiger partial charge on any atom is 0.301 e. The predicted octanol–water partition coefficient (Wildman–Crippen LogP) is 5.56. The molecule has 0 bridgehead atoms. The van der Waals surface area contributed by atoms with Crippen molar-refractivity contribution in [1.82, 2.24) is 0 Å². The Balaban J connectivity index is 1.86. The third-order valence-corrected chi connectivity index (χ3v) is 5.85. The van der Waals surface area contributed by atoms with Gasteiger partial charge in [-0.2, -0.15) is 5.10 Å². The fourth-order valence-corrected chi connectivity index (χ4v) is 4.56. The molecule has 1 N–H and O–H groups in total. The summed E-state index contributed by atoms with van der Waals surface area (Å²) < 4.78 is -0.369. The molecule has 0 fully saturated rings. The summed E-state index contributed by atoms with van der Waals surface area (Å²) in [6.07, 6.45) is 6.89. The SMILES string of the molecule is CC1=C[C@@](/C=N\Nc2ccc([N+](=O)[O-])cc2[N+](=O)[O-])(Sc2ccccc2)CCC1. The van der Waals surface area contributed by atoms with Crippen molar-refractivity contribution in [1.29, 1.82) is 0 Å². The minimum absolute atomic E-state index is 0.105. The van der Waals surface area contributed by atoms with Crippen molar-refractivity contribution < 1.29 is 9.85 Å². The molecule has 1 atom stereocenters. The summed E-state index contributed by atoms with van der Waals surface area (Å²) in [4.78, 5) is 21.9. The molecular weight excluding hydrogens is 392 g/mol. The van der Waals surface area contributed by atoms with E-state index in [1.165, 1.54) is 17.7 Å². The van der Waals surface area contributed by atoms with E-state index in [9.17, 15) is 20.2 Å². The van der Waals surface area contributed by atoms with E-state index < -0.39 is 15.5 Å². The van der Waals surface area contributed by atoms with Gasteiger partial charge in [0.15, 0.2) is 0 Å². The van der Waals surface area contributed by atoms with Gasteiger partial charge in [-0.25, -0.2) is 0 Å². The van der Waals surface area contributed by atoms with E-state index in [0.29, 0.717) is 0 Å². The van der Waals surface area contributed by atoms with Crippen LogP contribution in [0.5, 0.6) is 0 Å². The van der Waals surface area contributed by atoms with Gasteiger partial charge in [-0.05, 0) is 44.4 Å². The normalized spacial score (nSPS) is 19.0. The molecule has 9 heteroatoms. The van der Waals surface area contributed by atoms with Crippen LogP contribution in [0.25, 0.3) is 0 Å². The standard InChI is InChI=1S/C20H20N4O4S/c1-15-6-5-11-20(13-15,29-17-7-3-2-4-8-17)14-21-22-18-10-9-16(23(25)26)12-19(18)24(27)28/h2-4,7-10,12-14,22H,5-6,11H2,1H3/b21-14-/t20-/m0/s1. The summed E-state index contributed by atoms with van der Waals surface area (Å²) in [5.74, 6) is 0. The van der Waals surface area contributed by atoms with Gasteiger partial charge in [0.1, 0.15) is 5.69 Å². The zero-order valence-electron chi connectivity index (χ0n) is 15.8. The average molecular weight is 412 g/mol. The Morgan fingerprint density at radius 1 is 1.14 bits per heavy atom. The zero-order valence-corrected chi connectivity index (χ0v) is 16.6. The molecule has 3 rings (SSSR count). The molecule has 0 spiro atoms. The Bertz CT molecular complexity index is 978. The second kappa shape index (κ2) is 8.87. The van der Waals surface area contributed by atoms with Gasteiger partial charge in [0, 0.05) is 17.2 Å². The van der Waals surface area contributed by atoms with E-state index in [2.05, 4.69) is 23.5 Å². The monoisotopic (exact) mass is 412 g/mol. The zero-order chi connectivity index (χ0) is 20.9. The van der Waals surface area contributed by atoms with E-state index in [-0.39, 0.29) is 16.1 Å². The molecule has 0 amide bonds. The van der Waals surface area contributed by atoms with Gasteiger partial charge in [0.05, 0.1) is 20.7 Å². The summed E-state index contributed by atoms with van der Waals surface area (Å²) in [5, 5.41) is 26.4. The van der Waals surface area contributed by atoms with Crippen LogP contribution in [0.2, 0.25) is 0 Å². The number of nitro groups is 2. The van der Waals surface area contributed by atoms with Crippen molar-refractivity contribution in [3.8, 4) is 0 Å². The maximum absolute atomic E-state index is 11.3. The van der Waals surface area contributed by atoms with Crippen molar-refractivity contribution in [3.63, 3.8) is 0 Å². The van der Waals surface area contributed by atoms with Gasteiger partial charge in [-0.3, -0.25) is 25.7 Å². The number of anilines is 1. The van der Waals surface area contributed by atoms with Crippen molar-refractivity contribution in [2.45, 2.75) is 35.8 Å². The fourth-order valence-electron chi connectivity index (χ4n) is 3.21. The minimum atomic E-state index is -0.666. The fraction of sp³-hybridized carbons (Fsp3) is 0.250. The van der Waals surface area contributed by atoms with Gasteiger partial charge in [0.25, 0.3) is 5.69 Å². The summed E-state index contributed by atoms with van der Waals surface area (Å²) in [7, 11) is 0. The number of non-ortho nitro benzene ring substituents is 1. The highest BCUT2D eigenvalue weighted by atomic mass is 32.2. The Morgan fingerprint density at radius 2 is 1.90 bits per heavy atom. The van der Waals surface area contributed by atoms with Gasteiger partial charge in [0.2, 0.25) is 0 Å². The van der Waals surface area contributed by atoms with Crippen LogP contribution in [-0.2, 0) is 0 Å². The van der Waals surface area contributed by atoms with Crippen molar-refractivity contribution in [2.24, 2.45) is 5.10 Å². The molecule has 2 aromatic carbocycles. The first kappa shape index (κ1) is 20.5. The highest BCUT2D eigenvalue weighted by Gasteiger charge is 2.30. The van der Waals surface area contributed by atoms with Gasteiger partial charge in [-0.1, -0.05) is 29.8 Å². The van der Waals surface area contributed by atoms with E-state index >= 15 is 0 Å². The maximum atomic E-state index is 11.3. The molecule has 8 nitrogen and oxygen atoms in total. The second-order valence-electron chi connectivity index (χ2n) is 6.80. The summed E-state index contributed by atoms with van der Waals surface area (Å²) >= 11 is 1.68. The molecule has 0 radical (unpaired) electrons. The summed E-state index contributed by atoms with van der Waals surface area (Å²) in [6.45, 7) is 2.09. The molecule has 150 valence electrons. The van der Waals surface area contributed by atoms with Crippen LogP contribution < -0.4 is 5.43 Å². The number of nitrogens with zero attached hydrogens (tertiary/aromatic N) is 3. The van der Waals surface area contributed by atoms with Crippen molar-refractivity contribution in [2.75, 3.05) is 5.43 Å². The number of rotatable bonds is 7. The number of nitro benzene ring substituents is 2. The van der Waals surface area contributed by atoms with Crippen LogP contribution in [0, 0.1) is 20.2 Å². The van der Waals surface area contributed by atoms with Crippen LogP contribution in [0.4, 0.5) is 17.1 Å². The number of thioether (sulfide) groups is 1. The quantitative estimate of drug-likeness (QED) is 0.276. The lowest BCUT2D eigenvalue weighted by Crippen LogP contribution is -2.27. The van der Waals surface area contributed by atoms with Crippen molar-refractivity contribution >= 4 is 35.0 Å². The molecule has 0 unspecified atom stereocenters. The van der Waals surface area contributed by atoms with E-state index in [4.69, 9.17) is 0 Å². The van der Waals surface area contributed by atoms with Gasteiger partial charge in [-0.15, -0.1) is 11.8 Å². The number of hydrazone groups is 1. The summed E-state index contributed by atoms with van der Waals surface area (Å²) in [6, 6.07) is 13.4. The first-order valence-electron chi connectivity index (χ1n) is 9.04. The molecule has 0 saturated heterocycles. The third kappa shape index (κ3) is 5.20. The van der Waals surface area contributed by atoms with Crippen LogP contribution >= 0.6 is 11.8 Å². The van der Waals surface area contributed by atoms with Crippen molar-refractivity contribution in [3.05, 3.63) is 80.4 Å². The molecule has 29 heavy (non-hydrogen) atoms. The highest BCUT2D eigenvalue weighted by molar-refractivity contribution is 8.01. The number of hydrogen-bond donors (Lipinski definition) is 1. The topological polar surface area (TPSA) is 111 Å². The molecule has 0 saturated carbocycles. The Morgan fingerprint density at radius 3 is 2.55 bits per heavy atom. The van der Waals surface area contributed by atoms with Gasteiger partial charge >= 0.3 is 5.69 Å². The number of hydrogen-bond acceptors (Lipinski definition) is 7. The van der Waals surface area contributed by atoms with E-state index in [1.54, 1.807) is 18.0 Å².